The van der Waals surface area contributed by atoms with E-state index in [0.717, 1.165) is 11.1 Å². The van der Waals surface area contributed by atoms with Crippen LogP contribution in [0.2, 0.25) is 5.02 Å². The molecule has 0 aromatic heterocycles. The van der Waals surface area contributed by atoms with Crippen molar-refractivity contribution in [2.45, 2.75) is 198 Å². The van der Waals surface area contributed by atoms with Gasteiger partial charge in [0.1, 0.15) is 29.2 Å². The van der Waals surface area contributed by atoms with Crippen molar-refractivity contribution in [2.24, 2.45) is 17.8 Å². The molecule has 76 heavy (non-hydrogen) atoms. The highest BCUT2D eigenvalue weighted by Crippen LogP contribution is 2.41. The van der Waals surface area contributed by atoms with E-state index < -0.39 is 108 Å². The lowest BCUT2D eigenvalue weighted by molar-refractivity contribution is -0.317. The van der Waals surface area contributed by atoms with E-state index in [2.05, 4.69) is 10.6 Å². The van der Waals surface area contributed by atoms with Gasteiger partial charge in [-0.1, -0.05) is 62.7 Å². The molecule has 0 radical (unpaired) electrons. The predicted octanol–water partition coefficient (Wildman–Crippen LogP) is 6.21. The molecule has 2 aromatic rings. The number of carbonyl (C=O) groups excluding carboxylic acids is 3. The van der Waals surface area contributed by atoms with Gasteiger partial charge in [0.05, 0.1) is 35.9 Å². The number of likely N-dealkylation sites (N-methyl/N-ethyl adjacent to an activating group) is 2. The molecule has 3 aliphatic heterocycles. The fourth-order valence-electron chi connectivity index (χ4n) is 11.4. The van der Waals surface area contributed by atoms with Gasteiger partial charge in [0, 0.05) is 56.2 Å². The molecule has 0 spiro atoms. The highest BCUT2D eigenvalue weighted by molar-refractivity contribution is 6.31. The van der Waals surface area contributed by atoms with Gasteiger partial charge in [0.2, 0.25) is 0 Å². The summed E-state index contributed by atoms with van der Waals surface area (Å²) in [6.07, 6.45) is -9.99. The molecule has 3 heterocycles. The Morgan fingerprint density at radius 1 is 0.868 bits per heavy atom. The first-order chi connectivity index (χ1) is 35.6. The number of aliphatic hydroxyl groups is 3. The van der Waals surface area contributed by atoms with Crippen LogP contribution >= 0.6 is 11.6 Å². The van der Waals surface area contributed by atoms with Crippen LogP contribution in [0.15, 0.2) is 48.5 Å². The van der Waals surface area contributed by atoms with Crippen molar-refractivity contribution >= 4 is 29.8 Å². The van der Waals surface area contributed by atoms with Crippen LogP contribution in [0.25, 0.3) is 0 Å². The predicted molar refractivity (Wildman–Crippen MR) is 286 cm³/mol. The monoisotopic (exact) mass is 1090 g/mol. The summed E-state index contributed by atoms with van der Waals surface area (Å²) in [6.45, 7) is 18.3. The number of alkyl carbamates (subject to hydrolysis) is 2. The number of ether oxygens (including phenoxy) is 8. The van der Waals surface area contributed by atoms with Gasteiger partial charge in [0.15, 0.2) is 24.8 Å². The number of aromatic hydroxyl groups is 1. The van der Waals surface area contributed by atoms with Gasteiger partial charge >= 0.3 is 18.2 Å². The maximum atomic E-state index is 15.0. The van der Waals surface area contributed by atoms with Gasteiger partial charge in [-0.25, -0.2) is 9.59 Å². The quantitative estimate of drug-likeness (QED) is 0.0859. The van der Waals surface area contributed by atoms with E-state index in [9.17, 15) is 34.8 Å². The summed E-state index contributed by atoms with van der Waals surface area (Å²) < 4.78 is 51.2. The number of methoxy groups -OCH3 is 1. The molecule has 3 fully saturated rings. The molecule has 19 nitrogen and oxygen atoms in total. The van der Waals surface area contributed by atoms with E-state index in [1.807, 2.05) is 69.9 Å². The van der Waals surface area contributed by atoms with Crippen molar-refractivity contribution in [2.75, 3.05) is 47.9 Å². The molecular weight excluding hydrogens is 1000 g/mol. The number of aliphatic hydroxyl groups excluding tert-OH is 1. The highest BCUT2D eigenvalue weighted by atomic mass is 35.5. The number of phenolic OH excluding ortho intramolecular Hbond substituents is 1. The van der Waals surface area contributed by atoms with Gasteiger partial charge in [-0.05, 0) is 137 Å². The summed E-state index contributed by atoms with van der Waals surface area (Å²) >= 11 is 6.38. The molecule has 2 aromatic carbocycles. The average molecular weight is 1090 g/mol. The van der Waals surface area contributed by atoms with Crippen molar-refractivity contribution in [3.05, 3.63) is 64.7 Å². The molecule has 0 unspecified atom stereocenters. The zero-order valence-corrected chi connectivity index (χ0v) is 48.0. The van der Waals surface area contributed by atoms with Gasteiger partial charge < -0.3 is 73.9 Å². The van der Waals surface area contributed by atoms with Crippen molar-refractivity contribution in [1.29, 1.82) is 0 Å². The maximum absolute atomic E-state index is 15.0. The minimum absolute atomic E-state index is 0.0195. The second-order valence-electron chi connectivity index (χ2n) is 22.5. The number of benzene rings is 2. The van der Waals surface area contributed by atoms with Crippen LogP contribution in [0.3, 0.4) is 0 Å². The first-order valence-electron chi connectivity index (χ1n) is 26.9. The third kappa shape index (κ3) is 16.1. The summed E-state index contributed by atoms with van der Waals surface area (Å²) in [5.41, 5.74) is -3.07. The molecule has 20 heteroatoms. The Morgan fingerprint density at radius 3 is 2.09 bits per heavy atom. The number of halogens is 1. The van der Waals surface area contributed by atoms with E-state index in [-0.39, 0.29) is 56.2 Å². The molecule has 0 saturated carbocycles. The van der Waals surface area contributed by atoms with Crippen LogP contribution in [0.1, 0.15) is 106 Å². The number of rotatable bonds is 15. The zero-order chi connectivity index (χ0) is 56.4. The lowest BCUT2D eigenvalue weighted by atomic mass is 9.77. The number of amides is 2. The summed E-state index contributed by atoms with van der Waals surface area (Å²) in [6, 6.07) is 13.0. The molecule has 430 valence electrons. The first kappa shape index (κ1) is 63.0. The number of hydrogen-bond acceptors (Lipinski definition) is 17. The van der Waals surface area contributed by atoms with E-state index in [0.29, 0.717) is 30.8 Å². The van der Waals surface area contributed by atoms with Gasteiger partial charge in [-0.2, -0.15) is 0 Å². The Morgan fingerprint density at radius 2 is 1.49 bits per heavy atom. The van der Waals surface area contributed by atoms with Crippen LogP contribution < -0.4 is 10.6 Å². The van der Waals surface area contributed by atoms with Gasteiger partial charge in [0.25, 0.3) is 0 Å². The Bertz CT molecular complexity index is 2170. The number of cyclic esters (lactones) is 1. The molecule has 3 aliphatic rings. The molecule has 5 rings (SSSR count). The minimum Gasteiger partial charge on any atom is -0.508 e. The smallest absolute Gasteiger partial charge is 0.407 e. The molecular formula is C56H89ClN4O15. The summed E-state index contributed by atoms with van der Waals surface area (Å²) in [5.74, 6) is -2.92. The number of phenols is 1. The van der Waals surface area contributed by atoms with Crippen LogP contribution in [0.4, 0.5) is 9.59 Å². The topological polar surface area (TPSA) is 237 Å². The Balaban J connectivity index is 1.49. The van der Waals surface area contributed by atoms with Crippen molar-refractivity contribution in [3.63, 3.8) is 0 Å². The number of nitrogens with one attached hydrogen (secondary N) is 2. The third-order valence-corrected chi connectivity index (χ3v) is 16.2. The Kier molecular flexibility index (Phi) is 22.7. The van der Waals surface area contributed by atoms with Gasteiger partial charge in [-0.3, -0.25) is 9.69 Å². The third-order valence-electron chi connectivity index (χ3n) is 15.8. The second kappa shape index (κ2) is 27.3. The summed E-state index contributed by atoms with van der Waals surface area (Å²) in [4.78, 5) is 45.8. The second-order valence-corrected chi connectivity index (χ2v) is 22.9. The van der Waals surface area contributed by atoms with Crippen LogP contribution in [0.5, 0.6) is 5.75 Å². The molecule has 3 saturated heterocycles. The first-order valence-corrected chi connectivity index (χ1v) is 27.3. The van der Waals surface area contributed by atoms with Crippen molar-refractivity contribution in [3.8, 4) is 5.75 Å². The van der Waals surface area contributed by atoms with E-state index >= 15 is 0 Å². The highest BCUT2D eigenvalue weighted by Gasteiger charge is 2.54. The molecule has 0 aliphatic carbocycles. The number of carbonyl (C=O) groups is 3. The fourth-order valence-corrected chi connectivity index (χ4v) is 11.7. The lowest BCUT2D eigenvalue weighted by Gasteiger charge is -2.49. The van der Waals surface area contributed by atoms with E-state index in [4.69, 9.17) is 49.5 Å². The SMILES string of the molecule is CC[C@H]1OC(=O)[C@H](C)[C@@H](O[C@H]2C[C@@](C)(OC)[C@@H](OC(=O)NCCc3ccc(O)cc3)[C@H](C)O2)[C@H](C)[C@@H](O[C@@H]2O[C@H](C)C[C@H](N(C)C)[C@H]2O)[C@@](C)(O)C[C@@H](C)CN(C)[C@H](C)[C@@H](OC(=O)NCCc2ccccc2Cl)[C@]1(C)O. The lowest BCUT2D eigenvalue weighted by Crippen LogP contribution is -2.61. The normalized spacial score (nSPS) is 37.3. The van der Waals surface area contributed by atoms with Gasteiger partial charge in [-0.15, -0.1) is 0 Å². The van der Waals surface area contributed by atoms with E-state index in [1.54, 1.807) is 71.9 Å². The van der Waals surface area contributed by atoms with Crippen LogP contribution in [0, 0.1) is 17.8 Å². The number of esters is 1. The largest absolute Gasteiger partial charge is 0.508 e. The molecule has 6 N–H and O–H groups in total. The standard InChI is InChI=1S/C56H89ClN4O15/c1-15-43-56(10,68)48(75-52(65)59-27-25-39-18-16-17-19-41(39)57)36(6)61(13)31-32(2)29-54(8,67)47(74-51-45(63)42(60(11)12)28-33(3)70-51)34(4)46(35(5)50(64)72-43)73-44-30-55(9,69-14)49(37(7)71-44)76-53(66)58-26-24-38-20-22-40(62)23-21-38/h16-23,32-37,42-49,51,62-63,67-68H,15,24-31H2,1-14H3,(H,58,66)(H,59,65)/t32-,33-,34+,35-,36-,37+,42+,43-,44+,45-,46+,47-,48-,49+,51+,54+,55-,56-/m1/s1. The van der Waals surface area contributed by atoms with E-state index in [1.165, 1.54) is 14.0 Å². The zero-order valence-electron chi connectivity index (χ0n) is 47.2. The van der Waals surface area contributed by atoms with Crippen LogP contribution in [-0.4, -0.2) is 187 Å². The van der Waals surface area contributed by atoms with Crippen LogP contribution in [-0.2, 0) is 55.5 Å². The maximum Gasteiger partial charge on any atom is 0.407 e. The number of hydrogen-bond donors (Lipinski definition) is 6. The van der Waals surface area contributed by atoms with Crippen molar-refractivity contribution in [1.82, 2.24) is 20.4 Å². The Hall–Kier alpha value is -3.86. The summed E-state index contributed by atoms with van der Waals surface area (Å²) in [5, 5.41) is 53.3. The molecule has 2 amide bonds. The average Bonchev–Trinajstić information content (AvgIpc) is 3.35. The Labute approximate surface area is 455 Å². The minimum atomic E-state index is -1.95. The summed E-state index contributed by atoms with van der Waals surface area (Å²) in [7, 11) is 7.07. The van der Waals surface area contributed by atoms with Crippen molar-refractivity contribution < 1.29 is 72.7 Å². The fraction of sp³-hybridized carbons (Fsp3) is 0.732. The molecule has 18 atom stereocenters. The number of nitrogens with zero attached hydrogens (tertiary/aromatic N) is 2. The molecule has 0 bridgehead atoms.